The number of aromatic nitrogens is 2. The first-order valence-corrected chi connectivity index (χ1v) is 7.19. The van der Waals surface area contributed by atoms with Gasteiger partial charge < -0.3 is 5.32 Å². The fraction of sp³-hybridized carbons (Fsp3) is 0.833. The molecule has 1 aliphatic rings. The van der Waals surface area contributed by atoms with Crippen LogP contribution in [0.25, 0.3) is 0 Å². The Balaban J connectivity index is 1.84. The highest BCUT2D eigenvalue weighted by Gasteiger charge is 2.25. The van der Waals surface area contributed by atoms with E-state index in [0.29, 0.717) is 5.41 Å². The summed E-state index contributed by atoms with van der Waals surface area (Å²) in [6, 6.07) is 0. The van der Waals surface area contributed by atoms with Crippen LogP contribution in [0.2, 0.25) is 0 Å². The fourth-order valence-electron chi connectivity index (χ4n) is 2.05. The van der Waals surface area contributed by atoms with Gasteiger partial charge in [-0.15, -0.1) is 10.2 Å². The molecular weight excluding hydrogens is 232 g/mol. The monoisotopic (exact) mass is 254 g/mol. The van der Waals surface area contributed by atoms with E-state index in [4.69, 9.17) is 0 Å². The first kappa shape index (κ1) is 12.8. The average molecular weight is 254 g/mol. The molecule has 0 aliphatic carbocycles. The van der Waals surface area contributed by atoms with Gasteiger partial charge in [-0.1, -0.05) is 25.2 Å². The lowest BCUT2D eigenvalue weighted by molar-refractivity contribution is 0.127. The summed E-state index contributed by atoms with van der Waals surface area (Å²) in [5, 5.41) is 13.6. The SMILES string of the molecule is CCNc1nnc(CN2CCC(C)(C)CC2)s1. The van der Waals surface area contributed by atoms with Gasteiger partial charge in [0.25, 0.3) is 0 Å². The van der Waals surface area contributed by atoms with Crippen LogP contribution in [0.4, 0.5) is 5.13 Å². The van der Waals surface area contributed by atoms with Gasteiger partial charge in [0.15, 0.2) is 0 Å². The Hall–Kier alpha value is -0.680. The summed E-state index contributed by atoms with van der Waals surface area (Å²) < 4.78 is 0. The maximum Gasteiger partial charge on any atom is 0.205 e. The standard InChI is InChI=1S/C12H22N4S/c1-4-13-11-15-14-10(17-11)9-16-7-5-12(2,3)6-8-16/h4-9H2,1-3H3,(H,13,15). The summed E-state index contributed by atoms with van der Waals surface area (Å²) in [6.45, 7) is 11.0. The van der Waals surface area contributed by atoms with E-state index < -0.39 is 0 Å². The van der Waals surface area contributed by atoms with Gasteiger partial charge in [0.2, 0.25) is 5.13 Å². The lowest BCUT2D eigenvalue weighted by Crippen LogP contribution is -2.36. The summed E-state index contributed by atoms with van der Waals surface area (Å²) in [6.07, 6.45) is 2.57. The van der Waals surface area contributed by atoms with Crippen LogP contribution in [0.15, 0.2) is 0 Å². The molecule has 17 heavy (non-hydrogen) atoms. The average Bonchev–Trinajstić information content (AvgIpc) is 2.70. The highest BCUT2D eigenvalue weighted by molar-refractivity contribution is 7.15. The van der Waals surface area contributed by atoms with E-state index in [1.807, 2.05) is 0 Å². The Morgan fingerprint density at radius 2 is 2.00 bits per heavy atom. The molecule has 0 unspecified atom stereocenters. The second-order valence-corrected chi connectivity index (χ2v) is 6.53. The molecule has 0 radical (unpaired) electrons. The largest absolute Gasteiger partial charge is 0.360 e. The highest BCUT2D eigenvalue weighted by Crippen LogP contribution is 2.30. The smallest absolute Gasteiger partial charge is 0.205 e. The number of piperidine rings is 1. The van der Waals surface area contributed by atoms with Crippen LogP contribution in [0, 0.1) is 5.41 Å². The van der Waals surface area contributed by atoms with Gasteiger partial charge in [0.05, 0.1) is 6.54 Å². The van der Waals surface area contributed by atoms with Crippen molar-refractivity contribution in [2.75, 3.05) is 25.0 Å². The molecular formula is C12H22N4S. The maximum absolute atomic E-state index is 4.23. The minimum Gasteiger partial charge on any atom is -0.360 e. The maximum atomic E-state index is 4.23. The summed E-state index contributed by atoms with van der Waals surface area (Å²) in [5.74, 6) is 0. The van der Waals surface area contributed by atoms with Crippen LogP contribution >= 0.6 is 11.3 Å². The molecule has 1 fully saturated rings. The topological polar surface area (TPSA) is 41.1 Å². The molecule has 0 amide bonds. The van der Waals surface area contributed by atoms with E-state index in [1.165, 1.54) is 25.9 Å². The number of rotatable bonds is 4. The third-order valence-electron chi connectivity index (χ3n) is 3.36. The Morgan fingerprint density at radius 3 is 2.65 bits per heavy atom. The summed E-state index contributed by atoms with van der Waals surface area (Å²) in [5.41, 5.74) is 0.520. The summed E-state index contributed by atoms with van der Waals surface area (Å²) in [4.78, 5) is 2.49. The van der Waals surface area contributed by atoms with Crippen LogP contribution in [0.5, 0.6) is 0 Å². The molecule has 1 saturated heterocycles. The minimum absolute atomic E-state index is 0.520. The molecule has 0 spiro atoms. The third kappa shape index (κ3) is 3.64. The number of nitrogens with zero attached hydrogens (tertiary/aromatic N) is 3. The van der Waals surface area contributed by atoms with Crippen LogP contribution in [0.1, 0.15) is 38.6 Å². The lowest BCUT2D eigenvalue weighted by atomic mass is 9.83. The molecule has 0 saturated carbocycles. The zero-order valence-corrected chi connectivity index (χ0v) is 11.8. The molecule has 2 rings (SSSR count). The van der Waals surface area contributed by atoms with Gasteiger partial charge in [-0.2, -0.15) is 0 Å². The van der Waals surface area contributed by atoms with Gasteiger partial charge in [0, 0.05) is 6.54 Å². The second-order valence-electron chi connectivity index (χ2n) is 5.47. The zero-order valence-electron chi connectivity index (χ0n) is 11.0. The molecule has 0 aromatic carbocycles. The predicted molar refractivity (Wildman–Crippen MR) is 72.4 cm³/mol. The third-order valence-corrected chi connectivity index (χ3v) is 4.23. The summed E-state index contributed by atoms with van der Waals surface area (Å²) in [7, 11) is 0. The minimum atomic E-state index is 0.520. The van der Waals surface area contributed by atoms with Crippen molar-refractivity contribution in [2.24, 2.45) is 5.41 Å². The first-order chi connectivity index (χ1) is 8.09. The number of likely N-dealkylation sites (tertiary alicyclic amines) is 1. The van der Waals surface area contributed by atoms with Crippen LogP contribution in [-0.2, 0) is 6.54 Å². The van der Waals surface area contributed by atoms with Crippen LogP contribution in [0.3, 0.4) is 0 Å². The molecule has 0 bridgehead atoms. The Morgan fingerprint density at radius 1 is 1.29 bits per heavy atom. The Kier molecular flexibility index (Phi) is 3.99. The van der Waals surface area contributed by atoms with E-state index in [-0.39, 0.29) is 0 Å². The van der Waals surface area contributed by atoms with Gasteiger partial charge in [0.1, 0.15) is 5.01 Å². The number of hydrogen-bond acceptors (Lipinski definition) is 5. The Bertz CT molecular complexity index is 351. The number of hydrogen-bond donors (Lipinski definition) is 1. The molecule has 1 N–H and O–H groups in total. The van der Waals surface area contributed by atoms with E-state index in [2.05, 4.69) is 41.2 Å². The molecule has 96 valence electrons. The fourth-order valence-corrected chi connectivity index (χ4v) is 2.90. The highest BCUT2D eigenvalue weighted by atomic mass is 32.1. The first-order valence-electron chi connectivity index (χ1n) is 6.38. The molecule has 1 aliphatic heterocycles. The van der Waals surface area contributed by atoms with E-state index >= 15 is 0 Å². The van der Waals surface area contributed by atoms with Crippen molar-refractivity contribution >= 4 is 16.5 Å². The van der Waals surface area contributed by atoms with Crippen molar-refractivity contribution < 1.29 is 0 Å². The Labute approximate surface area is 107 Å². The quantitative estimate of drug-likeness (QED) is 0.896. The predicted octanol–water partition coefficient (Wildman–Crippen LogP) is 2.59. The normalized spacial score (nSPS) is 20.4. The molecule has 1 aromatic heterocycles. The molecule has 4 nitrogen and oxygen atoms in total. The summed E-state index contributed by atoms with van der Waals surface area (Å²) >= 11 is 1.68. The van der Waals surface area contributed by atoms with Crippen molar-refractivity contribution in [3.63, 3.8) is 0 Å². The number of anilines is 1. The molecule has 2 heterocycles. The van der Waals surface area contributed by atoms with Crippen molar-refractivity contribution in [2.45, 2.75) is 40.2 Å². The van der Waals surface area contributed by atoms with Crippen molar-refractivity contribution in [1.82, 2.24) is 15.1 Å². The second kappa shape index (κ2) is 5.31. The molecule has 0 atom stereocenters. The molecule has 5 heteroatoms. The van der Waals surface area contributed by atoms with E-state index in [0.717, 1.165) is 23.2 Å². The van der Waals surface area contributed by atoms with Gasteiger partial charge in [-0.05, 0) is 38.3 Å². The number of nitrogens with one attached hydrogen (secondary N) is 1. The van der Waals surface area contributed by atoms with Gasteiger partial charge >= 0.3 is 0 Å². The van der Waals surface area contributed by atoms with Crippen molar-refractivity contribution in [1.29, 1.82) is 0 Å². The lowest BCUT2D eigenvalue weighted by Gasteiger charge is -2.36. The van der Waals surface area contributed by atoms with Gasteiger partial charge in [-0.25, -0.2) is 0 Å². The zero-order chi connectivity index (χ0) is 12.3. The van der Waals surface area contributed by atoms with Crippen LogP contribution in [-0.4, -0.2) is 34.7 Å². The van der Waals surface area contributed by atoms with E-state index in [9.17, 15) is 0 Å². The van der Waals surface area contributed by atoms with Crippen molar-refractivity contribution in [3.05, 3.63) is 5.01 Å². The molecule has 1 aromatic rings. The van der Waals surface area contributed by atoms with Crippen LogP contribution < -0.4 is 5.32 Å². The van der Waals surface area contributed by atoms with Gasteiger partial charge in [-0.3, -0.25) is 4.90 Å². The van der Waals surface area contributed by atoms with Crippen molar-refractivity contribution in [3.8, 4) is 0 Å². The van der Waals surface area contributed by atoms with E-state index in [1.54, 1.807) is 11.3 Å².